The number of furan rings is 1. The summed E-state index contributed by atoms with van der Waals surface area (Å²) in [7, 11) is 0. The Bertz CT molecular complexity index is 2870. The van der Waals surface area contributed by atoms with E-state index < -0.39 is 0 Å². The zero-order chi connectivity index (χ0) is 35.8. The number of hydrogen-bond acceptors (Lipinski definition) is 2. The molecule has 0 bridgehead atoms. The van der Waals surface area contributed by atoms with Gasteiger partial charge in [-0.3, -0.25) is 0 Å². The second-order valence-corrected chi connectivity index (χ2v) is 14.1. The van der Waals surface area contributed by atoms with Gasteiger partial charge in [-0.05, 0) is 123 Å². The molecule has 0 N–H and O–H groups in total. The summed E-state index contributed by atoms with van der Waals surface area (Å²) < 4.78 is 6.35. The molecule has 8 aromatic carbocycles. The zero-order valence-electron chi connectivity index (χ0n) is 29.8. The van der Waals surface area contributed by atoms with Crippen LogP contribution in [0.3, 0.4) is 0 Å². The van der Waals surface area contributed by atoms with Crippen LogP contribution in [-0.4, -0.2) is 0 Å². The average molecular weight is 692 g/mol. The van der Waals surface area contributed by atoms with Crippen molar-refractivity contribution < 1.29 is 4.42 Å². The van der Waals surface area contributed by atoms with Crippen LogP contribution in [0.25, 0.3) is 66.1 Å². The molecule has 1 unspecified atom stereocenters. The van der Waals surface area contributed by atoms with Gasteiger partial charge in [-0.25, -0.2) is 0 Å². The lowest BCUT2D eigenvalue weighted by molar-refractivity contribution is 0.669. The second-order valence-electron chi connectivity index (χ2n) is 14.1. The quantitative estimate of drug-likeness (QED) is 0.165. The first-order valence-corrected chi connectivity index (χ1v) is 18.7. The number of nitrogens with zero attached hydrogens (tertiary/aromatic N) is 1. The van der Waals surface area contributed by atoms with Gasteiger partial charge < -0.3 is 9.32 Å². The summed E-state index contributed by atoms with van der Waals surface area (Å²) in [5, 5.41) is 4.75. The minimum atomic E-state index is 0.382. The SMILES string of the molecule is C1=CCC(c2cccc(N(c3ccccc3)c3cccc(-c4cccc(-c5ccc6oc7ccc(-c8cccc9ccccc89)cc7c6c5)c4)c3)c2)C=C1. The molecule has 0 radical (unpaired) electrons. The average Bonchev–Trinajstić information content (AvgIpc) is 3.62. The van der Waals surface area contributed by atoms with E-state index in [1.807, 2.05) is 0 Å². The van der Waals surface area contributed by atoms with E-state index in [2.05, 4.69) is 211 Å². The molecule has 1 aliphatic carbocycles. The lowest BCUT2D eigenvalue weighted by atomic mass is 9.92. The maximum absolute atomic E-state index is 6.35. The largest absolute Gasteiger partial charge is 0.456 e. The molecule has 1 atom stereocenters. The van der Waals surface area contributed by atoms with Crippen molar-refractivity contribution in [3.8, 4) is 33.4 Å². The van der Waals surface area contributed by atoms with Crippen LogP contribution in [0.1, 0.15) is 17.9 Å². The van der Waals surface area contributed by atoms with Gasteiger partial charge >= 0.3 is 0 Å². The van der Waals surface area contributed by atoms with E-state index in [9.17, 15) is 0 Å². The standard InChI is InChI=1S/C52H37NO/c1-3-13-36(14-4-1)40-19-10-23-45(32-40)53(44-21-5-2-6-22-44)46-24-11-20-41(33-46)38-17-9-18-39(31-38)42-27-29-51-49(34-42)50-35-43(28-30-52(50)54-51)48-26-12-16-37-15-7-8-25-47(37)48/h1-13,15-36H,14H2. The van der Waals surface area contributed by atoms with Crippen molar-refractivity contribution in [2.24, 2.45) is 0 Å². The Morgan fingerprint density at radius 2 is 1.04 bits per heavy atom. The third-order valence-electron chi connectivity index (χ3n) is 10.8. The Balaban J connectivity index is 1.02. The summed E-state index contributed by atoms with van der Waals surface area (Å²) in [6, 6.07) is 65.7. The van der Waals surface area contributed by atoms with Crippen LogP contribution in [-0.2, 0) is 0 Å². The monoisotopic (exact) mass is 691 g/mol. The summed E-state index contributed by atoms with van der Waals surface area (Å²) in [6.07, 6.45) is 9.87. The molecule has 0 amide bonds. The lowest BCUT2D eigenvalue weighted by Gasteiger charge is -2.27. The Morgan fingerprint density at radius 3 is 1.83 bits per heavy atom. The van der Waals surface area contributed by atoms with Crippen LogP contribution in [0.5, 0.6) is 0 Å². The highest BCUT2D eigenvalue weighted by Gasteiger charge is 2.17. The minimum absolute atomic E-state index is 0.382. The van der Waals surface area contributed by atoms with Gasteiger partial charge in [0.15, 0.2) is 0 Å². The third kappa shape index (κ3) is 5.88. The smallest absolute Gasteiger partial charge is 0.135 e. The van der Waals surface area contributed by atoms with Crippen molar-refractivity contribution in [2.45, 2.75) is 12.3 Å². The maximum Gasteiger partial charge on any atom is 0.135 e. The fraction of sp³-hybridized carbons (Fsp3) is 0.0385. The summed E-state index contributed by atoms with van der Waals surface area (Å²) in [4.78, 5) is 2.36. The molecule has 2 nitrogen and oxygen atoms in total. The van der Waals surface area contributed by atoms with E-state index in [4.69, 9.17) is 4.42 Å². The Morgan fingerprint density at radius 1 is 0.426 bits per heavy atom. The van der Waals surface area contributed by atoms with Crippen LogP contribution in [0.15, 0.2) is 211 Å². The molecule has 0 aliphatic heterocycles. The summed E-state index contributed by atoms with van der Waals surface area (Å²) in [5.74, 6) is 0.382. The van der Waals surface area contributed by atoms with Gasteiger partial charge in [0, 0.05) is 33.8 Å². The van der Waals surface area contributed by atoms with Crippen LogP contribution in [0.2, 0.25) is 0 Å². The molecule has 0 fully saturated rings. The van der Waals surface area contributed by atoms with Crippen molar-refractivity contribution in [3.05, 3.63) is 212 Å². The number of rotatable bonds is 7. The van der Waals surface area contributed by atoms with E-state index in [-0.39, 0.29) is 0 Å². The fourth-order valence-corrected chi connectivity index (χ4v) is 8.05. The highest BCUT2D eigenvalue weighted by Crippen LogP contribution is 2.40. The number of para-hydroxylation sites is 1. The number of fused-ring (bicyclic) bond motifs is 4. The fourth-order valence-electron chi connectivity index (χ4n) is 8.05. The van der Waals surface area contributed by atoms with E-state index in [1.165, 1.54) is 44.2 Å². The Kier molecular flexibility index (Phi) is 8.00. The molecular weight excluding hydrogens is 655 g/mol. The van der Waals surface area contributed by atoms with E-state index in [0.717, 1.165) is 51.0 Å². The molecule has 0 saturated heterocycles. The van der Waals surface area contributed by atoms with Crippen molar-refractivity contribution in [2.75, 3.05) is 4.90 Å². The van der Waals surface area contributed by atoms with Crippen LogP contribution >= 0.6 is 0 Å². The highest BCUT2D eigenvalue weighted by molar-refractivity contribution is 6.09. The predicted molar refractivity (Wildman–Crippen MR) is 228 cm³/mol. The van der Waals surface area contributed by atoms with Crippen molar-refractivity contribution in [3.63, 3.8) is 0 Å². The van der Waals surface area contributed by atoms with Crippen molar-refractivity contribution >= 4 is 49.8 Å². The number of hydrogen-bond donors (Lipinski definition) is 0. The molecule has 10 rings (SSSR count). The van der Waals surface area contributed by atoms with Gasteiger partial charge in [0.1, 0.15) is 11.2 Å². The Hall–Kier alpha value is -6.90. The third-order valence-corrected chi connectivity index (χ3v) is 10.8. The van der Waals surface area contributed by atoms with Crippen LogP contribution in [0, 0.1) is 0 Å². The Labute approximate surface area is 315 Å². The topological polar surface area (TPSA) is 16.4 Å². The molecule has 256 valence electrons. The minimum Gasteiger partial charge on any atom is -0.456 e. The second kappa shape index (κ2) is 13.6. The molecule has 1 aliphatic rings. The van der Waals surface area contributed by atoms with E-state index in [0.29, 0.717) is 5.92 Å². The summed E-state index contributed by atoms with van der Waals surface area (Å²) >= 11 is 0. The first kappa shape index (κ1) is 31.8. The van der Waals surface area contributed by atoms with Crippen molar-refractivity contribution in [1.82, 2.24) is 0 Å². The molecule has 1 heterocycles. The van der Waals surface area contributed by atoms with Gasteiger partial charge in [0.2, 0.25) is 0 Å². The van der Waals surface area contributed by atoms with Crippen molar-refractivity contribution in [1.29, 1.82) is 0 Å². The molecule has 1 aromatic heterocycles. The molecule has 54 heavy (non-hydrogen) atoms. The summed E-state index contributed by atoms with van der Waals surface area (Å²) in [6.45, 7) is 0. The molecule has 9 aromatic rings. The van der Waals surface area contributed by atoms with Crippen LogP contribution < -0.4 is 4.90 Å². The number of allylic oxidation sites excluding steroid dienone is 4. The molecule has 0 spiro atoms. The number of anilines is 3. The maximum atomic E-state index is 6.35. The van der Waals surface area contributed by atoms with Gasteiger partial charge in [-0.1, -0.05) is 140 Å². The van der Waals surface area contributed by atoms with Gasteiger partial charge in [-0.2, -0.15) is 0 Å². The molecule has 2 heteroatoms. The molecular formula is C52H37NO. The lowest BCUT2D eigenvalue weighted by Crippen LogP contribution is -2.10. The van der Waals surface area contributed by atoms with E-state index >= 15 is 0 Å². The number of benzene rings is 8. The highest BCUT2D eigenvalue weighted by atomic mass is 16.3. The first-order chi connectivity index (χ1) is 26.7. The van der Waals surface area contributed by atoms with Gasteiger partial charge in [0.25, 0.3) is 0 Å². The van der Waals surface area contributed by atoms with Gasteiger partial charge in [0.05, 0.1) is 0 Å². The summed E-state index contributed by atoms with van der Waals surface area (Å²) in [5.41, 5.74) is 13.6. The van der Waals surface area contributed by atoms with Gasteiger partial charge in [-0.15, -0.1) is 0 Å². The van der Waals surface area contributed by atoms with Crippen LogP contribution in [0.4, 0.5) is 17.1 Å². The normalized spacial score (nSPS) is 13.9. The zero-order valence-corrected chi connectivity index (χ0v) is 29.8. The van der Waals surface area contributed by atoms with E-state index in [1.54, 1.807) is 0 Å². The first-order valence-electron chi connectivity index (χ1n) is 18.7. The molecule has 0 saturated carbocycles. The predicted octanol–water partition coefficient (Wildman–Crippen LogP) is 14.8.